The lowest BCUT2D eigenvalue weighted by Crippen LogP contribution is -2.40. The van der Waals surface area contributed by atoms with Crippen molar-refractivity contribution < 1.29 is 9.13 Å². The number of nitrogens with zero attached hydrogens (tertiary/aromatic N) is 2. The maximum Gasteiger partial charge on any atom is 0.123 e. The molecule has 2 aliphatic rings. The van der Waals surface area contributed by atoms with E-state index in [4.69, 9.17) is 4.74 Å². The van der Waals surface area contributed by atoms with Gasteiger partial charge < -0.3 is 9.64 Å². The van der Waals surface area contributed by atoms with Gasteiger partial charge in [0.15, 0.2) is 0 Å². The highest BCUT2D eigenvalue weighted by molar-refractivity contribution is 5.16. The minimum atomic E-state index is -0.134. The summed E-state index contributed by atoms with van der Waals surface area (Å²) in [4.78, 5) is 4.93. The summed E-state index contributed by atoms with van der Waals surface area (Å²) in [7, 11) is 4.01. The monoisotopic (exact) mass is 306 g/mol. The van der Waals surface area contributed by atoms with Crippen LogP contribution in [0.5, 0.6) is 0 Å². The molecule has 4 heteroatoms. The molecule has 0 amide bonds. The fraction of sp³-hybridized carbons (Fsp3) is 0.667. The van der Waals surface area contributed by atoms with E-state index in [0.29, 0.717) is 11.5 Å². The van der Waals surface area contributed by atoms with Crippen molar-refractivity contribution in [2.75, 3.05) is 40.4 Å². The highest BCUT2D eigenvalue weighted by Gasteiger charge is 2.43. The summed E-state index contributed by atoms with van der Waals surface area (Å²) in [6.45, 7) is 5.12. The maximum atomic E-state index is 13.3. The lowest BCUT2D eigenvalue weighted by molar-refractivity contribution is 0.104. The summed E-state index contributed by atoms with van der Waals surface area (Å²) in [5, 5.41) is 0. The molecule has 0 N–H and O–H groups in total. The summed E-state index contributed by atoms with van der Waals surface area (Å²) < 4.78 is 18.6. The van der Waals surface area contributed by atoms with Crippen LogP contribution in [0.3, 0.4) is 0 Å². The van der Waals surface area contributed by atoms with Crippen LogP contribution < -0.4 is 0 Å². The lowest BCUT2D eigenvalue weighted by atomic mass is 9.76. The van der Waals surface area contributed by atoms with Crippen molar-refractivity contribution in [3.05, 3.63) is 35.6 Å². The van der Waals surface area contributed by atoms with Gasteiger partial charge in [0.05, 0.1) is 6.61 Å². The topological polar surface area (TPSA) is 15.7 Å². The zero-order valence-corrected chi connectivity index (χ0v) is 13.7. The Bertz CT molecular complexity index is 500. The molecule has 0 aromatic heterocycles. The molecule has 2 saturated heterocycles. The van der Waals surface area contributed by atoms with Crippen LogP contribution in [0.15, 0.2) is 24.3 Å². The standard InChI is InChI=1S/C18H27FN2O/c1-20-14-18(11-17(20)13-22-2)6-8-21(9-7-18)12-15-4-3-5-16(19)10-15/h3-5,10,17H,6-9,11-14H2,1-2H3/t17-/m1/s1. The minimum absolute atomic E-state index is 0.134. The van der Waals surface area contributed by atoms with Crippen molar-refractivity contribution in [2.24, 2.45) is 5.41 Å². The van der Waals surface area contributed by atoms with Crippen LogP contribution in [-0.2, 0) is 11.3 Å². The summed E-state index contributed by atoms with van der Waals surface area (Å²) >= 11 is 0. The zero-order valence-electron chi connectivity index (χ0n) is 13.7. The Hall–Kier alpha value is -0.970. The summed E-state index contributed by atoms with van der Waals surface area (Å²) in [5.41, 5.74) is 1.55. The van der Waals surface area contributed by atoms with E-state index in [1.165, 1.54) is 31.9 Å². The molecule has 0 radical (unpaired) electrons. The molecule has 2 fully saturated rings. The predicted octanol–water partition coefficient (Wildman–Crippen LogP) is 2.76. The van der Waals surface area contributed by atoms with Crippen molar-refractivity contribution >= 4 is 0 Å². The predicted molar refractivity (Wildman–Crippen MR) is 86.3 cm³/mol. The average Bonchev–Trinajstić information content (AvgIpc) is 2.78. The fourth-order valence-corrected chi connectivity index (χ4v) is 4.20. The van der Waals surface area contributed by atoms with Gasteiger partial charge in [-0.2, -0.15) is 0 Å². The molecule has 1 atom stereocenters. The van der Waals surface area contributed by atoms with E-state index in [9.17, 15) is 4.39 Å². The molecule has 1 spiro atoms. The first kappa shape index (κ1) is 15.9. The van der Waals surface area contributed by atoms with E-state index in [2.05, 4.69) is 16.8 Å². The van der Waals surface area contributed by atoms with Crippen LogP contribution in [0.25, 0.3) is 0 Å². The molecule has 22 heavy (non-hydrogen) atoms. The molecule has 122 valence electrons. The third-order valence-electron chi connectivity index (χ3n) is 5.45. The highest BCUT2D eigenvalue weighted by Crippen LogP contribution is 2.42. The number of piperidine rings is 1. The van der Waals surface area contributed by atoms with E-state index < -0.39 is 0 Å². The first-order valence-electron chi connectivity index (χ1n) is 8.26. The van der Waals surface area contributed by atoms with Gasteiger partial charge in [0.2, 0.25) is 0 Å². The van der Waals surface area contributed by atoms with Gasteiger partial charge in [0, 0.05) is 26.2 Å². The normalized spacial score (nSPS) is 25.9. The third-order valence-corrected chi connectivity index (χ3v) is 5.45. The molecular formula is C18H27FN2O. The van der Waals surface area contributed by atoms with Crippen molar-refractivity contribution in [2.45, 2.75) is 31.8 Å². The Morgan fingerprint density at radius 1 is 1.32 bits per heavy atom. The molecule has 2 aliphatic heterocycles. The number of likely N-dealkylation sites (N-methyl/N-ethyl adjacent to an activating group) is 1. The molecule has 3 rings (SSSR count). The lowest BCUT2D eigenvalue weighted by Gasteiger charge is -2.39. The number of rotatable bonds is 4. The number of likely N-dealkylation sites (tertiary alicyclic amines) is 2. The third kappa shape index (κ3) is 3.50. The number of ether oxygens (including phenoxy) is 1. The van der Waals surface area contributed by atoms with Gasteiger partial charge in [-0.15, -0.1) is 0 Å². The van der Waals surface area contributed by atoms with E-state index >= 15 is 0 Å². The number of hydrogen-bond acceptors (Lipinski definition) is 3. The van der Waals surface area contributed by atoms with Crippen LogP contribution in [0.1, 0.15) is 24.8 Å². The Balaban J connectivity index is 1.54. The van der Waals surface area contributed by atoms with Gasteiger partial charge in [-0.3, -0.25) is 4.90 Å². The van der Waals surface area contributed by atoms with Crippen molar-refractivity contribution in [1.82, 2.24) is 9.80 Å². The Kier molecular flexibility index (Phi) is 4.81. The Morgan fingerprint density at radius 2 is 2.09 bits per heavy atom. The molecule has 3 nitrogen and oxygen atoms in total. The molecule has 0 unspecified atom stereocenters. The van der Waals surface area contributed by atoms with Gasteiger partial charge in [-0.25, -0.2) is 4.39 Å². The molecule has 0 aliphatic carbocycles. The van der Waals surface area contributed by atoms with Crippen LogP contribution in [0.4, 0.5) is 4.39 Å². The van der Waals surface area contributed by atoms with Crippen molar-refractivity contribution in [1.29, 1.82) is 0 Å². The summed E-state index contributed by atoms with van der Waals surface area (Å²) in [6.07, 6.45) is 3.74. The zero-order chi connectivity index (χ0) is 15.6. The van der Waals surface area contributed by atoms with Gasteiger partial charge in [-0.1, -0.05) is 12.1 Å². The molecular weight excluding hydrogens is 279 g/mol. The smallest absolute Gasteiger partial charge is 0.123 e. The molecule has 0 saturated carbocycles. The molecule has 2 heterocycles. The summed E-state index contributed by atoms with van der Waals surface area (Å²) in [5.74, 6) is -0.134. The van der Waals surface area contributed by atoms with Gasteiger partial charge in [-0.05, 0) is 62.5 Å². The van der Waals surface area contributed by atoms with E-state index in [-0.39, 0.29) is 5.82 Å². The average molecular weight is 306 g/mol. The van der Waals surface area contributed by atoms with Gasteiger partial charge in [0.25, 0.3) is 0 Å². The minimum Gasteiger partial charge on any atom is -0.383 e. The number of halogens is 1. The first-order chi connectivity index (χ1) is 10.6. The number of methoxy groups -OCH3 is 1. The SMILES string of the molecule is COC[C@H]1CC2(CCN(Cc3cccc(F)c3)CC2)CN1C. The van der Waals surface area contributed by atoms with Crippen molar-refractivity contribution in [3.63, 3.8) is 0 Å². The molecule has 1 aromatic carbocycles. The Morgan fingerprint density at radius 3 is 2.77 bits per heavy atom. The molecule has 1 aromatic rings. The summed E-state index contributed by atoms with van der Waals surface area (Å²) in [6, 6.07) is 7.56. The van der Waals surface area contributed by atoms with Crippen LogP contribution in [0.2, 0.25) is 0 Å². The second kappa shape index (κ2) is 6.65. The van der Waals surface area contributed by atoms with Gasteiger partial charge in [0.1, 0.15) is 5.82 Å². The van der Waals surface area contributed by atoms with Gasteiger partial charge >= 0.3 is 0 Å². The fourth-order valence-electron chi connectivity index (χ4n) is 4.20. The van der Waals surface area contributed by atoms with Crippen LogP contribution in [0, 0.1) is 11.2 Å². The van der Waals surface area contributed by atoms with E-state index in [1.807, 2.05) is 6.07 Å². The first-order valence-corrected chi connectivity index (χ1v) is 8.26. The number of benzene rings is 1. The second-order valence-corrected chi connectivity index (χ2v) is 7.13. The second-order valence-electron chi connectivity index (χ2n) is 7.13. The van der Waals surface area contributed by atoms with Crippen molar-refractivity contribution in [3.8, 4) is 0 Å². The Labute approximate surface area is 133 Å². The largest absolute Gasteiger partial charge is 0.383 e. The quantitative estimate of drug-likeness (QED) is 0.851. The highest BCUT2D eigenvalue weighted by atomic mass is 19.1. The molecule has 0 bridgehead atoms. The van der Waals surface area contributed by atoms with Crippen LogP contribution in [-0.4, -0.2) is 56.2 Å². The van der Waals surface area contributed by atoms with E-state index in [0.717, 1.165) is 31.8 Å². The van der Waals surface area contributed by atoms with E-state index in [1.54, 1.807) is 19.2 Å². The van der Waals surface area contributed by atoms with Crippen LogP contribution >= 0.6 is 0 Å². The number of hydrogen-bond donors (Lipinski definition) is 0. The maximum absolute atomic E-state index is 13.3.